The lowest BCUT2D eigenvalue weighted by Crippen LogP contribution is -2.26. The van der Waals surface area contributed by atoms with Crippen LogP contribution in [0.1, 0.15) is 17.3 Å². The topological polar surface area (TPSA) is 85.6 Å². The first-order valence-electron chi connectivity index (χ1n) is 6.14. The second-order valence-electron chi connectivity index (χ2n) is 4.03. The number of ether oxygens (including phenoxy) is 1. The van der Waals surface area contributed by atoms with Crippen molar-refractivity contribution in [3.05, 3.63) is 46.1 Å². The average molecular weight is 307 g/mol. The van der Waals surface area contributed by atoms with Crippen molar-refractivity contribution < 1.29 is 14.5 Å². The monoisotopic (exact) mass is 307 g/mol. The molecule has 0 N–H and O–H groups in total. The second-order valence-corrected chi connectivity index (χ2v) is 5.02. The number of para-hydroxylation sites is 1. The van der Waals surface area contributed by atoms with Crippen LogP contribution in [0.4, 0.5) is 10.1 Å². The fraction of sp³-hybridized carbons (Fsp3) is 0.231. The van der Waals surface area contributed by atoms with E-state index in [1.165, 1.54) is 11.9 Å². The molecule has 110 valence electrons. The number of anilines is 1. The summed E-state index contributed by atoms with van der Waals surface area (Å²) in [4.78, 5) is 27.8. The Hall–Kier alpha value is -2.48. The van der Waals surface area contributed by atoms with E-state index in [1.807, 2.05) is 6.92 Å². The molecular weight excluding hydrogens is 294 g/mol. The summed E-state index contributed by atoms with van der Waals surface area (Å²) in [5.41, 5.74) is 0.389. The van der Waals surface area contributed by atoms with Crippen LogP contribution < -0.4 is 9.64 Å². The lowest BCUT2D eigenvalue weighted by atomic mass is 10.2. The zero-order chi connectivity index (χ0) is 15.4. The highest BCUT2D eigenvalue weighted by molar-refractivity contribution is 7.18. The van der Waals surface area contributed by atoms with Crippen molar-refractivity contribution in [2.24, 2.45) is 0 Å². The third-order valence-corrected chi connectivity index (χ3v) is 3.70. The van der Waals surface area contributed by atoms with Crippen molar-refractivity contribution in [3.8, 4) is 5.75 Å². The minimum atomic E-state index is -0.534. The Morgan fingerprint density at radius 3 is 2.81 bits per heavy atom. The summed E-state index contributed by atoms with van der Waals surface area (Å²) in [6.45, 7) is 2.27. The van der Waals surface area contributed by atoms with Crippen LogP contribution in [0.15, 0.2) is 30.5 Å². The third kappa shape index (κ3) is 3.16. The largest absolute Gasteiger partial charge is 0.493 e. The number of rotatable bonds is 5. The first-order valence-corrected chi connectivity index (χ1v) is 6.96. The summed E-state index contributed by atoms with van der Waals surface area (Å²) in [6.07, 6.45) is 1.14. The van der Waals surface area contributed by atoms with Crippen molar-refractivity contribution in [2.45, 2.75) is 6.92 Å². The number of carbonyl (C=O) groups is 1. The number of benzene rings is 1. The Kier molecular flexibility index (Phi) is 4.49. The Morgan fingerprint density at radius 2 is 2.19 bits per heavy atom. The number of hydrogen-bond donors (Lipinski definition) is 0. The van der Waals surface area contributed by atoms with Gasteiger partial charge in [0.15, 0.2) is 5.13 Å². The van der Waals surface area contributed by atoms with Gasteiger partial charge in [0.1, 0.15) is 11.9 Å². The van der Waals surface area contributed by atoms with Crippen LogP contribution in [-0.4, -0.2) is 29.5 Å². The smallest absolute Gasteiger partial charge is 0.345 e. The van der Waals surface area contributed by atoms with Gasteiger partial charge >= 0.3 is 5.00 Å². The van der Waals surface area contributed by atoms with Crippen molar-refractivity contribution >= 4 is 27.4 Å². The molecule has 21 heavy (non-hydrogen) atoms. The molecule has 0 saturated heterocycles. The van der Waals surface area contributed by atoms with Crippen LogP contribution in [0.3, 0.4) is 0 Å². The lowest BCUT2D eigenvalue weighted by Gasteiger charge is -2.15. The fourth-order valence-electron chi connectivity index (χ4n) is 1.69. The van der Waals surface area contributed by atoms with Crippen LogP contribution in [-0.2, 0) is 0 Å². The van der Waals surface area contributed by atoms with E-state index in [1.54, 1.807) is 24.3 Å². The summed E-state index contributed by atoms with van der Waals surface area (Å²) in [5, 5.41) is 10.8. The highest BCUT2D eigenvalue weighted by atomic mass is 32.1. The van der Waals surface area contributed by atoms with E-state index in [0.29, 0.717) is 17.9 Å². The molecule has 1 aromatic carbocycles. The van der Waals surface area contributed by atoms with Gasteiger partial charge in [0.2, 0.25) is 0 Å². The maximum atomic E-state index is 12.5. The molecule has 0 atom stereocenters. The van der Waals surface area contributed by atoms with Crippen LogP contribution in [0, 0.1) is 10.1 Å². The number of nitro groups is 1. The molecular formula is C13H13N3O4S. The second kappa shape index (κ2) is 6.31. The van der Waals surface area contributed by atoms with Gasteiger partial charge in [-0.25, -0.2) is 4.98 Å². The molecule has 0 fully saturated rings. The van der Waals surface area contributed by atoms with Crippen LogP contribution in [0.5, 0.6) is 5.75 Å². The van der Waals surface area contributed by atoms with Crippen LogP contribution >= 0.6 is 11.3 Å². The average Bonchev–Trinajstić information content (AvgIpc) is 2.97. The normalized spacial score (nSPS) is 10.2. The molecule has 2 rings (SSSR count). The first-order chi connectivity index (χ1) is 10.0. The molecule has 0 aliphatic rings. The standard InChI is InChI=1S/C13H13N3O4S/c1-3-20-10-7-5-4-6-9(10)12(17)15(2)13-14-8-11(21-13)16(18)19/h4-8H,3H2,1-2H3. The Balaban J connectivity index is 2.28. The van der Waals surface area contributed by atoms with Gasteiger partial charge in [0.05, 0.1) is 17.1 Å². The molecule has 0 radical (unpaired) electrons. The predicted octanol–water partition coefficient (Wildman–Crippen LogP) is 2.73. The quantitative estimate of drug-likeness (QED) is 0.626. The summed E-state index contributed by atoms with van der Waals surface area (Å²) in [7, 11) is 1.52. The van der Waals surface area contributed by atoms with E-state index >= 15 is 0 Å². The molecule has 0 aliphatic carbocycles. The molecule has 0 aliphatic heterocycles. The minimum absolute atomic E-state index is 0.109. The SMILES string of the molecule is CCOc1ccccc1C(=O)N(C)c1ncc([N+](=O)[O-])s1. The van der Waals surface area contributed by atoms with E-state index in [0.717, 1.165) is 17.5 Å². The van der Waals surface area contributed by atoms with Crippen molar-refractivity contribution in [3.63, 3.8) is 0 Å². The van der Waals surface area contributed by atoms with Gasteiger partial charge in [-0.1, -0.05) is 12.1 Å². The van der Waals surface area contributed by atoms with Gasteiger partial charge in [0.25, 0.3) is 5.91 Å². The molecule has 1 heterocycles. The lowest BCUT2D eigenvalue weighted by molar-refractivity contribution is -0.380. The molecule has 0 saturated carbocycles. The van der Waals surface area contributed by atoms with Gasteiger partial charge in [-0.2, -0.15) is 0 Å². The molecule has 1 aromatic heterocycles. The van der Waals surface area contributed by atoms with Crippen molar-refractivity contribution in [1.29, 1.82) is 0 Å². The van der Waals surface area contributed by atoms with Gasteiger partial charge in [-0.3, -0.25) is 19.8 Å². The minimum Gasteiger partial charge on any atom is -0.493 e. The molecule has 7 nitrogen and oxygen atoms in total. The Labute approximate surface area is 124 Å². The number of amides is 1. The van der Waals surface area contributed by atoms with Crippen LogP contribution in [0.2, 0.25) is 0 Å². The zero-order valence-corrected chi connectivity index (χ0v) is 12.3. The van der Waals surface area contributed by atoms with E-state index in [-0.39, 0.29) is 16.0 Å². The van der Waals surface area contributed by atoms with E-state index < -0.39 is 4.92 Å². The summed E-state index contributed by atoms with van der Waals surface area (Å²) in [6, 6.07) is 6.85. The molecule has 1 amide bonds. The number of hydrogen-bond acceptors (Lipinski definition) is 6. The maximum Gasteiger partial charge on any atom is 0.345 e. The van der Waals surface area contributed by atoms with Crippen molar-refractivity contribution in [1.82, 2.24) is 4.98 Å². The van der Waals surface area contributed by atoms with E-state index in [2.05, 4.69) is 4.98 Å². The number of carbonyl (C=O) groups excluding carboxylic acids is 1. The predicted molar refractivity (Wildman–Crippen MR) is 79.1 cm³/mol. The van der Waals surface area contributed by atoms with Gasteiger partial charge in [-0.05, 0) is 30.4 Å². The maximum absolute atomic E-state index is 12.5. The molecule has 0 unspecified atom stereocenters. The molecule has 0 spiro atoms. The number of aromatic nitrogens is 1. The van der Waals surface area contributed by atoms with E-state index in [4.69, 9.17) is 4.74 Å². The Bertz CT molecular complexity index is 671. The van der Waals surface area contributed by atoms with Crippen LogP contribution in [0.25, 0.3) is 0 Å². The number of thiazole rings is 1. The third-order valence-electron chi connectivity index (χ3n) is 2.67. The summed E-state index contributed by atoms with van der Waals surface area (Å²) < 4.78 is 5.41. The fourth-order valence-corrected chi connectivity index (χ4v) is 2.38. The van der Waals surface area contributed by atoms with Gasteiger partial charge in [-0.15, -0.1) is 0 Å². The summed E-state index contributed by atoms with van der Waals surface area (Å²) in [5.74, 6) is 0.145. The molecule has 2 aromatic rings. The molecule has 0 bridgehead atoms. The van der Waals surface area contributed by atoms with E-state index in [9.17, 15) is 14.9 Å². The summed E-state index contributed by atoms with van der Waals surface area (Å²) >= 11 is 0.845. The highest BCUT2D eigenvalue weighted by Gasteiger charge is 2.22. The van der Waals surface area contributed by atoms with Crippen molar-refractivity contribution in [2.75, 3.05) is 18.6 Å². The Morgan fingerprint density at radius 1 is 1.48 bits per heavy atom. The van der Waals surface area contributed by atoms with Gasteiger partial charge in [0, 0.05) is 7.05 Å². The number of nitrogens with zero attached hydrogens (tertiary/aromatic N) is 3. The first kappa shape index (κ1) is 14.9. The highest BCUT2D eigenvalue weighted by Crippen LogP contribution is 2.29. The molecule has 8 heteroatoms. The van der Waals surface area contributed by atoms with Gasteiger partial charge < -0.3 is 4.74 Å². The zero-order valence-electron chi connectivity index (χ0n) is 11.5.